The van der Waals surface area contributed by atoms with Crippen LogP contribution < -0.4 is 5.32 Å². The third-order valence-electron chi connectivity index (χ3n) is 6.27. The van der Waals surface area contributed by atoms with Gasteiger partial charge in [0.05, 0.1) is 24.2 Å². The molecule has 1 aliphatic carbocycles. The smallest absolute Gasteiger partial charge is 0.274 e. The normalized spacial score (nSPS) is 18.8. The second kappa shape index (κ2) is 8.68. The zero-order valence-corrected chi connectivity index (χ0v) is 18.6. The van der Waals surface area contributed by atoms with Crippen molar-refractivity contribution in [1.29, 1.82) is 0 Å². The van der Waals surface area contributed by atoms with Gasteiger partial charge in [0.2, 0.25) is 16.0 Å². The summed E-state index contributed by atoms with van der Waals surface area (Å²) in [6, 6.07) is 9.53. The molecule has 5 rings (SSSR count). The number of aromatic amines is 1. The van der Waals surface area contributed by atoms with E-state index in [1.807, 2.05) is 24.3 Å². The van der Waals surface area contributed by atoms with Crippen molar-refractivity contribution in [2.45, 2.75) is 43.0 Å². The van der Waals surface area contributed by atoms with Gasteiger partial charge in [-0.15, -0.1) is 0 Å². The van der Waals surface area contributed by atoms with Crippen LogP contribution in [0.3, 0.4) is 0 Å². The predicted octanol–water partition coefficient (Wildman–Crippen LogP) is 3.14. The lowest BCUT2D eigenvalue weighted by Crippen LogP contribution is -2.40. The average molecular weight is 458 g/mol. The minimum atomic E-state index is -3.67. The van der Waals surface area contributed by atoms with E-state index in [0.717, 1.165) is 36.7 Å². The van der Waals surface area contributed by atoms with Crippen molar-refractivity contribution in [1.82, 2.24) is 18.8 Å². The van der Waals surface area contributed by atoms with E-state index in [1.54, 1.807) is 0 Å². The first-order valence-corrected chi connectivity index (χ1v) is 12.5. The van der Waals surface area contributed by atoms with Crippen molar-refractivity contribution < 1.29 is 17.9 Å². The molecule has 32 heavy (non-hydrogen) atoms. The molecule has 0 radical (unpaired) electrons. The SMILES string of the molecule is O=C(Nc1nc2ccccc2n1C1CCCCC1)c1cc(S(=O)(=O)N2CCOCC2)c[nH]1. The van der Waals surface area contributed by atoms with Gasteiger partial charge in [0, 0.05) is 25.3 Å². The molecule has 2 fully saturated rings. The number of H-pyrrole nitrogens is 1. The van der Waals surface area contributed by atoms with E-state index < -0.39 is 15.9 Å². The summed E-state index contributed by atoms with van der Waals surface area (Å²) < 4.78 is 34.5. The van der Waals surface area contributed by atoms with Gasteiger partial charge in [-0.25, -0.2) is 13.4 Å². The van der Waals surface area contributed by atoms with Gasteiger partial charge in [0.25, 0.3) is 5.91 Å². The number of para-hydroxylation sites is 2. The molecule has 1 aromatic carbocycles. The summed E-state index contributed by atoms with van der Waals surface area (Å²) in [5.41, 5.74) is 2.01. The van der Waals surface area contributed by atoms with Crippen molar-refractivity contribution in [3.05, 3.63) is 42.2 Å². The molecule has 9 nitrogen and oxygen atoms in total. The quantitative estimate of drug-likeness (QED) is 0.612. The number of imidazole rings is 1. The number of sulfonamides is 1. The van der Waals surface area contributed by atoms with Gasteiger partial charge < -0.3 is 14.3 Å². The number of hydrogen-bond donors (Lipinski definition) is 2. The van der Waals surface area contributed by atoms with Crippen molar-refractivity contribution in [2.75, 3.05) is 31.6 Å². The number of morpholine rings is 1. The fraction of sp³-hybridized carbons (Fsp3) is 0.455. The van der Waals surface area contributed by atoms with Crippen molar-refractivity contribution in [3.8, 4) is 0 Å². The standard InChI is InChI=1S/C22H27N5O4S/c28-21(19-14-17(15-23-19)32(29,30)26-10-12-31-13-11-26)25-22-24-18-8-4-5-9-20(18)27(22)16-6-2-1-3-7-16/h4-5,8-9,14-16,23H,1-3,6-7,10-13H2,(H,24,25,28). The monoisotopic (exact) mass is 457 g/mol. The third-order valence-corrected chi connectivity index (χ3v) is 8.15. The summed E-state index contributed by atoms with van der Waals surface area (Å²) in [7, 11) is -3.67. The number of hydrogen-bond acceptors (Lipinski definition) is 5. The number of carbonyl (C=O) groups is 1. The minimum absolute atomic E-state index is 0.0744. The summed E-state index contributed by atoms with van der Waals surface area (Å²) >= 11 is 0. The van der Waals surface area contributed by atoms with Gasteiger partial charge in [-0.2, -0.15) is 4.31 Å². The topological polar surface area (TPSA) is 109 Å². The van der Waals surface area contributed by atoms with E-state index >= 15 is 0 Å². The van der Waals surface area contributed by atoms with Crippen LogP contribution in [0.1, 0.15) is 48.6 Å². The van der Waals surface area contributed by atoms with Crippen LogP contribution in [-0.2, 0) is 14.8 Å². The molecular formula is C22H27N5O4S. The molecule has 170 valence electrons. The van der Waals surface area contributed by atoms with E-state index in [0.29, 0.717) is 32.3 Å². The molecule has 10 heteroatoms. The molecule has 0 bridgehead atoms. The fourth-order valence-corrected chi connectivity index (χ4v) is 6.00. The van der Waals surface area contributed by atoms with E-state index in [9.17, 15) is 13.2 Å². The molecule has 1 amide bonds. The number of benzene rings is 1. The second-order valence-electron chi connectivity index (χ2n) is 8.31. The van der Waals surface area contributed by atoms with Crippen molar-refractivity contribution in [3.63, 3.8) is 0 Å². The van der Waals surface area contributed by atoms with Crippen molar-refractivity contribution in [2.24, 2.45) is 0 Å². The Morgan fingerprint density at radius 1 is 1.12 bits per heavy atom. The van der Waals surface area contributed by atoms with E-state index in [1.165, 1.54) is 23.0 Å². The van der Waals surface area contributed by atoms with Gasteiger partial charge in [-0.3, -0.25) is 10.1 Å². The molecule has 1 aliphatic heterocycles. The van der Waals surface area contributed by atoms with E-state index in [4.69, 9.17) is 4.74 Å². The second-order valence-corrected chi connectivity index (χ2v) is 10.2. The maximum absolute atomic E-state index is 13.0. The fourth-order valence-electron chi connectivity index (χ4n) is 4.60. The highest BCUT2D eigenvalue weighted by Crippen LogP contribution is 2.34. The first-order chi connectivity index (χ1) is 15.5. The summed E-state index contributed by atoms with van der Waals surface area (Å²) in [6.07, 6.45) is 7.01. The molecule has 0 atom stereocenters. The Kier molecular flexibility index (Phi) is 5.75. The highest BCUT2D eigenvalue weighted by molar-refractivity contribution is 7.89. The van der Waals surface area contributed by atoms with Crippen LogP contribution >= 0.6 is 0 Å². The Morgan fingerprint density at radius 2 is 1.88 bits per heavy atom. The number of nitrogens with one attached hydrogen (secondary N) is 2. The highest BCUT2D eigenvalue weighted by atomic mass is 32.2. The number of amides is 1. The van der Waals surface area contributed by atoms with Crippen LogP contribution in [-0.4, -0.2) is 59.5 Å². The van der Waals surface area contributed by atoms with Gasteiger partial charge >= 0.3 is 0 Å². The molecule has 1 saturated carbocycles. The molecule has 1 saturated heterocycles. The van der Waals surface area contributed by atoms with Crippen LogP contribution in [0.4, 0.5) is 5.95 Å². The summed E-state index contributed by atoms with van der Waals surface area (Å²) in [6.45, 7) is 1.35. The molecular weight excluding hydrogens is 430 g/mol. The number of fused-ring (bicyclic) bond motifs is 1. The zero-order valence-electron chi connectivity index (χ0n) is 17.8. The Labute approximate surface area is 186 Å². The Morgan fingerprint density at radius 3 is 2.66 bits per heavy atom. The first kappa shape index (κ1) is 21.2. The molecule has 3 aromatic rings. The van der Waals surface area contributed by atoms with Gasteiger partial charge in [-0.1, -0.05) is 31.4 Å². The minimum Gasteiger partial charge on any atom is -0.379 e. The van der Waals surface area contributed by atoms with Crippen LogP contribution in [0.15, 0.2) is 41.4 Å². The van der Waals surface area contributed by atoms with Gasteiger partial charge in [0.1, 0.15) is 10.6 Å². The maximum atomic E-state index is 13.0. The summed E-state index contributed by atoms with van der Waals surface area (Å²) in [4.78, 5) is 20.6. The van der Waals surface area contributed by atoms with Crippen molar-refractivity contribution >= 4 is 32.9 Å². The molecule has 3 heterocycles. The number of anilines is 1. The van der Waals surface area contributed by atoms with Crippen LogP contribution in [0.25, 0.3) is 11.0 Å². The molecule has 0 spiro atoms. The summed E-state index contributed by atoms with van der Waals surface area (Å²) in [5.74, 6) is 0.0797. The maximum Gasteiger partial charge on any atom is 0.274 e. The first-order valence-electron chi connectivity index (χ1n) is 11.1. The van der Waals surface area contributed by atoms with Gasteiger partial charge in [0.15, 0.2) is 0 Å². The lowest BCUT2D eigenvalue weighted by atomic mass is 9.95. The number of aromatic nitrogens is 3. The zero-order chi connectivity index (χ0) is 22.1. The van der Waals surface area contributed by atoms with Gasteiger partial charge in [-0.05, 0) is 31.0 Å². The number of carbonyl (C=O) groups excluding carboxylic acids is 1. The largest absolute Gasteiger partial charge is 0.379 e. The predicted molar refractivity (Wildman–Crippen MR) is 120 cm³/mol. The molecule has 0 unspecified atom stereocenters. The Balaban J connectivity index is 1.41. The molecule has 2 aliphatic rings. The Hall–Kier alpha value is -2.69. The highest BCUT2D eigenvalue weighted by Gasteiger charge is 2.28. The Bertz CT molecular complexity index is 1220. The summed E-state index contributed by atoms with van der Waals surface area (Å²) in [5, 5.41) is 2.91. The lowest BCUT2D eigenvalue weighted by molar-refractivity contribution is 0.0730. The number of nitrogens with zero attached hydrogens (tertiary/aromatic N) is 3. The third kappa shape index (κ3) is 3.94. The van der Waals surface area contributed by atoms with Crippen LogP contribution in [0, 0.1) is 0 Å². The molecule has 2 N–H and O–H groups in total. The van der Waals surface area contributed by atoms with Crippen LogP contribution in [0.2, 0.25) is 0 Å². The van der Waals surface area contributed by atoms with E-state index in [-0.39, 0.29) is 16.6 Å². The number of rotatable bonds is 5. The molecule has 2 aromatic heterocycles. The lowest BCUT2D eigenvalue weighted by Gasteiger charge is -2.25. The average Bonchev–Trinajstić information content (AvgIpc) is 3.46. The van der Waals surface area contributed by atoms with Crippen LogP contribution in [0.5, 0.6) is 0 Å². The number of ether oxygens (including phenoxy) is 1. The van der Waals surface area contributed by atoms with E-state index in [2.05, 4.69) is 19.9 Å².